The van der Waals surface area contributed by atoms with Crippen molar-refractivity contribution in [2.45, 2.75) is 24.4 Å². The fraction of sp³-hybridized carbons (Fsp3) is 1.00. The van der Waals surface area contributed by atoms with Crippen molar-refractivity contribution in [3.05, 3.63) is 0 Å². The van der Waals surface area contributed by atoms with Crippen molar-refractivity contribution in [2.75, 3.05) is 13.2 Å². The summed E-state index contributed by atoms with van der Waals surface area (Å²) in [5.74, 6) is 0. The number of aliphatic hydroxyl groups excluding tert-OH is 1. The Labute approximate surface area is 81.9 Å². The van der Waals surface area contributed by atoms with E-state index in [0.717, 1.165) is 0 Å². The molecule has 0 spiro atoms. The highest BCUT2D eigenvalue weighted by Gasteiger charge is 2.41. The lowest BCUT2D eigenvalue weighted by Gasteiger charge is -2.26. The minimum Gasteiger partial charge on any atom is -0.389 e. The Bertz CT molecular complexity index is 158. The zero-order valence-electron chi connectivity index (χ0n) is 7.13. The molecule has 0 aromatic rings. The maximum atomic E-state index is 9.49. The van der Waals surface area contributed by atoms with Crippen LogP contribution in [0.15, 0.2) is 0 Å². The molecule has 7 heteroatoms. The molecule has 0 aliphatic carbocycles. The van der Waals surface area contributed by atoms with E-state index in [-0.39, 0.29) is 18.8 Å². The Morgan fingerprint density at radius 2 is 2.15 bits per heavy atom. The van der Waals surface area contributed by atoms with Crippen molar-refractivity contribution < 1.29 is 18.9 Å². The van der Waals surface area contributed by atoms with Gasteiger partial charge in [-0.3, -0.25) is 0 Å². The predicted molar refractivity (Wildman–Crippen MR) is 54.0 cm³/mol. The molecule has 1 fully saturated rings. The van der Waals surface area contributed by atoms with Gasteiger partial charge in [0.2, 0.25) is 0 Å². The van der Waals surface area contributed by atoms with Crippen molar-refractivity contribution in [1.82, 2.24) is 0 Å². The molecule has 13 heavy (non-hydrogen) atoms. The van der Waals surface area contributed by atoms with E-state index in [1.807, 2.05) is 0 Å². The average Bonchev–Trinajstić information content (AvgIpc) is 2.96. The molecule has 0 saturated carbocycles. The zero-order valence-corrected chi connectivity index (χ0v) is 9.44. The molecule has 1 heterocycles. The number of nitrogens with two attached hydrogens (primary N) is 1. The zero-order chi connectivity index (χ0) is 9.84. The van der Waals surface area contributed by atoms with E-state index in [1.54, 1.807) is 0 Å². The van der Waals surface area contributed by atoms with E-state index >= 15 is 0 Å². The molecule has 0 aromatic heterocycles. The normalized spacial score (nSPS) is 28.2. The summed E-state index contributed by atoms with van der Waals surface area (Å²) in [5.41, 5.74) is 5.32. The highest BCUT2D eigenvalue weighted by atomic mass is 31.0. The first-order chi connectivity index (χ1) is 6.24. The van der Waals surface area contributed by atoms with Crippen LogP contribution in [-0.4, -0.2) is 42.7 Å². The van der Waals surface area contributed by atoms with Gasteiger partial charge in [0.15, 0.2) is 0 Å². The van der Waals surface area contributed by atoms with Gasteiger partial charge in [-0.05, 0) is 0 Å². The Morgan fingerprint density at radius 3 is 2.46 bits per heavy atom. The van der Waals surface area contributed by atoms with Gasteiger partial charge in [0.05, 0.1) is 12.7 Å². The summed E-state index contributed by atoms with van der Waals surface area (Å²) in [6.07, 6.45) is -1.50. The molecule has 1 rings (SSSR count). The van der Waals surface area contributed by atoms with Gasteiger partial charge in [0.1, 0.15) is 18.3 Å². The fourth-order valence-corrected chi connectivity index (χ4v) is 1.81. The molecule has 0 aromatic carbocycles. The van der Waals surface area contributed by atoms with Crippen molar-refractivity contribution in [3.63, 3.8) is 0 Å². The van der Waals surface area contributed by atoms with Crippen LogP contribution in [0.25, 0.3) is 0 Å². The molecule has 5 nitrogen and oxygen atoms in total. The summed E-state index contributed by atoms with van der Waals surface area (Å²) >= 11 is 0. The van der Waals surface area contributed by atoms with E-state index in [9.17, 15) is 5.11 Å². The van der Waals surface area contributed by atoms with Crippen LogP contribution < -0.4 is 5.73 Å². The van der Waals surface area contributed by atoms with Crippen LogP contribution >= 0.6 is 18.9 Å². The minimum atomic E-state index is -0.743. The number of hydrogen-bond donors (Lipinski definition) is 2. The maximum absolute atomic E-state index is 9.49. The third-order valence-electron chi connectivity index (χ3n) is 1.98. The smallest absolute Gasteiger partial charge is 0.118 e. The molecule has 3 N–H and O–H groups in total. The standard InChI is InChI=1S/C6H15NO4P2/c7-1-3(8)5(10-12)6(11-13)4-2-9-4/h3-6,8H,1-2,7,12-13H2. The van der Waals surface area contributed by atoms with Crippen LogP contribution in [0, 0.1) is 0 Å². The first-order valence-corrected chi connectivity index (χ1v) is 4.89. The summed E-state index contributed by atoms with van der Waals surface area (Å²) in [6.45, 7) is 0.775. The predicted octanol–water partition coefficient (Wildman–Crippen LogP) is -0.945. The van der Waals surface area contributed by atoms with Gasteiger partial charge in [0, 0.05) is 25.5 Å². The van der Waals surface area contributed by atoms with Gasteiger partial charge >= 0.3 is 0 Å². The van der Waals surface area contributed by atoms with Gasteiger partial charge in [-0.25, -0.2) is 0 Å². The Morgan fingerprint density at radius 1 is 1.54 bits per heavy atom. The largest absolute Gasteiger partial charge is 0.389 e. The highest BCUT2D eigenvalue weighted by molar-refractivity contribution is 7.10. The summed E-state index contributed by atoms with van der Waals surface area (Å²) in [4.78, 5) is 0. The first-order valence-electron chi connectivity index (χ1n) is 3.95. The lowest BCUT2D eigenvalue weighted by molar-refractivity contribution is -0.0233. The van der Waals surface area contributed by atoms with Crippen LogP contribution in [0.5, 0.6) is 0 Å². The second kappa shape index (κ2) is 5.52. The van der Waals surface area contributed by atoms with Crippen LogP contribution in [0.1, 0.15) is 0 Å². The van der Waals surface area contributed by atoms with Crippen molar-refractivity contribution in [1.29, 1.82) is 0 Å². The van der Waals surface area contributed by atoms with Crippen LogP contribution in [0.3, 0.4) is 0 Å². The van der Waals surface area contributed by atoms with Crippen molar-refractivity contribution in [3.8, 4) is 0 Å². The van der Waals surface area contributed by atoms with Gasteiger partial charge < -0.3 is 24.6 Å². The van der Waals surface area contributed by atoms with Crippen LogP contribution in [-0.2, 0) is 13.8 Å². The third-order valence-corrected chi connectivity index (χ3v) is 2.61. The van der Waals surface area contributed by atoms with Gasteiger partial charge in [-0.2, -0.15) is 0 Å². The molecule has 6 unspecified atom stereocenters. The summed E-state index contributed by atoms with van der Waals surface area (Å²) in [7, 11) is 4.25. The van der Waals surface area contributed by atoms with E-state index < -0.39 is 12.2 Å². The SMILES string of the molecule is NCC(O)C(OP)C(OP)C1CO1. The summed E-state index contributed by atoms with van der Waals surface area (Å²) < 4.78 is 15.2. The Hall–Kier alpha value is 0.660. The monoisotopic (exact) mass is 227 g/mol. The average molecular weight is 227 g/mol. The van der Waals surface area contributed by atoms with E-state index in [4.69, 9.17) is 19.5 Å². The number of aliphatic hydroxyl groups is 1. The summed E-state index contributed by atoms with van der Waals surface area (Å²) in [5, 5.41) is 9.49. The molecule has 1 aliphatic heterocycles. The minimum absolute atomic E-state index is 0.00394. The topological polar surface area (TPSA) is 77.2 Å². The molecule has 0 amide bonds. The third kappa shape index (κ3) is 3.07. The van der Waals surface area contributed by atoms with Crippen molar-refractivity contribution in [2.24, 2.45) is 5.73 Å². The quantitative estimate of drug-likeness (QED) is 0.452. The lowest BCUT2D eigenvalue weighted by Crippen LogP contribution is -2.44. The number of epoxide rings is 1. The second-order valence-electron chi connectivity index (χ2n) is 2.88. The molecule has 1 aliphatic rings. The molecule has 0 bridgehead atoms. The molecule has 1 saturated heterocycles. The van der Waals surface area contributed by atoms with Crippen LogP contribution in [0.4, 0.5) is 0 Å². The van der Waals surface area contributed by atoms with E-state index in [2.05, 4.69) is 18.9 Å². The number of hydrogen-bond acceptors (Lipinski definition) is 5. The van der Waals surface area contributed by atoms with Gasteiger partial charge in [-0.1, -0.05) is 0 Å². The van der Waals surface area contributed by atoms with Crippen LogP contribution in [0.2, 0.25) is 0 Å². The molecular weight excluding hydrogens is 212 g/mol. The Balaban J connectivity index is 2.50. The number of rotatable bonds is 6. The van der Waals surface area contributed by atoms with Gasteiger partial charge in [-0.15, -0.1) is 0 Å². The lowest BCUT2D eigenvalue weighted by atomic mass is 10.1. The maximum Gasteiger partial charge on any atom is 0.118 e. The number of ether oxygens (including phenoxy) is 1. The van der Waals surface area contributed by atoms with E-state index in [0.29, 0.717) is 6.61 Å². The Kier molecular flexibility index (Phi) is 4.98. The molecule has 0 radical (unpaired) electrons. The summed E-state index contributed by atoms with van der Waals surface area (Å²) in [6, 6.07) is 0. The molecule has 78 valence electrons. The molecular formula is C6H15NO4P2. The first kappa shape index (κ1) is 11.7. The van der Waals surface area contributed by atoms with Crippen molar-refractivity contribution >= 4 is 18.9 Å². The fourth-order valence-electron chi connectivity index (χ4n) is 1.14. The van der Waals surface area contributed by atoms with Gasteiger partial charge in [0.25, 0.3) is 0 Å². The molecule has 6 atom stereocenters. The second-order valence-corrected chi connectivity index (χ2v) is 3.42. The highest BCUT2D eigenvalue weighted by Crippen LogP contribution is 2.26. The van der Waals surface area contributed by atoms with E-state index in [1.165, 1.54) is 0 Å².